The second kappa shape index (κ2) is 5.61. The molecule has 0 radical (unpaired) electrons. The monoisotopic (exact) mass is 225 g/mol. The summed E-state index contributed by atoms with van der Waals surface area (Å²) in [4.78, 5) is 0. The van der Waals surface area contributed by atoms with Crippen molar-refractivity contribution in [1.82, 2.24) is 0 Å². The van der Waals surface area contributed by atoms with Gasteiger partial charge in [-0.15, -0.1) is 0 Å². The molecule has 4 heteroatoms. The van der Waals surface area contributed by atoms with Crippen LogP contribution in [-0.4, -0.2) is 27.4 Å². The van der Waals surface area contributed by atoms with Gasteiger partial charge in [-0.3, -0.25) is 0 Å². The fraction of sp³-hybridized carbons (Fsp3) is 0.500. The standard InChI is InChI=1S/C12H19NO3/c1-8(13)7-9-10(14-2)5-6-11(15-3)12(9)16-4/h5-6,8H,7,13H2,1-4H3. The van der Waals surface area contributed by atoms with E-state index in [1.54, 1.807) is 21.3 Å². The summed E-state index contributed by atoms with van der Waals surface area (Å²) in [5.74, 6) is 2.16. The van der Waals surface area contributed by atoms with Crippen LogP contribution in [0.4, 0.5) is 0 Å². The Bertz CT molecular complexity index is 350. The summed E-state index contributed by atoms with van der Waals surface area (Å²) < 4.78 is 15.9. The van der Waals surface area contributed by atoms with Crippen LogP contribution in [-0.2, 0) is 6.42 Å². The summed E-state index contributed by atoms with van der Waals surface area (Å²) in [7, 11) is 4.86. The molecule has 1 rings (SSSR count). The maximum Gasteiger partial charge on any atom is 0.167 e. The van der Waals surface area contributed by atoms with Crippen molar-refractivity contribution in [1.29, 1.82) is 0 Å². The molecule has 0 saturated heterocycles. The first-order valence-corrected chi connectivity index (χ1v) is 5.17. The van der Waals surface area contributed by atoms with Gasteiger partial charge in [-0.2, -0.15) is 0 Å². The Morgan fingerprint density at radius 3 is 2.06 bits per heavy atom. The predicted molar refractivity (Wildman–Crippen MR) is 63.5 cm³/mol. The van der Waals surface area contributed by atoms with Crippen LogP contribution < -0.4 is 19.9 Å². The lowest BCUT2D eigenvalue weighted by molar-refractivity contribution is 0.342. The molecule has 1 aromatic carbocycles. The van der Waals surface area contributed by atoms with Crippen LogP contribution >= 0.6 is 0 Å². The molecule has 0 spiro atoms. The zero-order chi connectivity index (χ0) is 12.1. The van der Waals surface area contributed by atoms with Crippen molar-refractivity contribution in [2.75, 3.05) is 21.3 Å². The van der Waals surface area contributed by atoms with E-state index in [1.807, 2.05) is 19.1 Å². The van der Waals surface area contributed by atoms with Gasteiger partial charge in [-0.05, 0) is 25.5 Å². The van der Waals surface area contributed by atoms with Gasteiger partial charge in [-0.1, -0.05) is 0 Å². The molecule has 0 aliphatic rings. The summed E-state index contributed by atoms with van der Waals surface area (Å²) in [5, 5.41) is 0. The number of hydrogen-bond acceptors (Lipinski definition) is 4. The van der Waals surface area contributed by atoms with Gasteiger partial charge in [0.05, 0.1) is 21.3 Å². The Kier molecular flexibility index (Phi) is 4.43. The van der Waals surface area contributed by atoms with Crippen molar-refractivity contribution in [2.24, 2.45) is 5.73 Å². The van der Waals surface area contributed by atoms with Gasteiger partial charge in [0.25, 0.3) is 0 Å². The van der Waals surface area contributed by atoms with Gasteiger partial charge in [0, 0.05) is 11.6 Å². The summed E-state index contributed by atoms with van der Waals surface area (Å²) >= 11 is 0. The highest BCUT2D eigenvalue weighted by molar-refractivity contribution is 5.54. The van der Waals surface area contributed by atoms with Crippen molar-refractivity contribution in [3.63, 3.8) is 0 Å². The number of methoxy groups -OCH3 is 3. The van der Waals surface area contributed by atoms with Gasteiger partial charge in [0.2, 0.25) is 0 Å². The zero-order valence-corrected chi connectivity index (χ0v) is 10.2. The largest absolute Gasteiger partial charge is 0.496 e. The van der Waals surface area contributed by atoms with Crippen molar-refractivity contribution >= 4 is 0 Å². The number of ether oxygens (including phenoxy) is 3. The topological polar surface area (TPSA) is 53.7 Å². The number of hydrogen-bond donors (Lipinski definition) is 1. The lowest BCUT2D eigenvalue weighted by Gasteiger charge is -2.17. The van der Waals surface area contributed by atoms with Crippen molar-refractivity contribution in [3.05, 3.63) is 17.7 Å². The first-order chi connectivity index (χ1) is 7.63. The van der Waals surface area contributed by atoms with Crippen LogP contribution in [0.15, 0.2) is 12.1 Å². The Balaban J connectivity index is 3.25. The maximum absolute atomic E-state index is 5.81. The zero-order valence-electron chi connectivity index (χ0n) is 10.2. The van der Waals surface area contributed by atoms with E-state index in [2.05, 4.69) is 0 Å². The smallest absolute Gasteiger partial charge is 0.167 e. The Hall–Kier alpha value is -1.42. The summed E-state index contributed by atoms with van der Waals surface area (Å²) in [6.07, 6.45) is 0.684. The second-order valence-electron chi connectivity index (χ2n) is 3.66. The van der Waals surface area contributed by atoms with Crippen LogP contribution in [0.3, 0.4) is 0 Å². The second-order valence-corrected chi connectivity index (χ2v) is 3.66. The summed E-state index contributed by atoms with van der Waals surface area (Å²) in [6.45, 7) is 1.94. The lowest BCUT2D eigenvalue weighted by Crippen LogP contribution is -2.18. The van der Waals surface area contributed by atoms with E-state index < -0.39 is 0 Å². The minimum atomic E-state index is 0.0370. The minimum absolute atomic E-state index is 0.0370. The third kappa shape index (κ3) is 2.58. The van der Waals surface area contributed by atoms with E-state index in [0.29, 0.717) is 17.9 Å². The van der Waals surface area contributed by atoms with E-state index in [4.69, 9.17) is 19.9 Å². The molecule has 1 atom stereocenters. The first-order valence-electron chi connectivity index (χ1n) is 5.17. The SMILES string of the molecule is COc1ccc(OC)c(OC)c1CC(C)N. The Morgan fingerprint density at radius 1 is 1.06 bits per heavy atom. The molecule has 2 N–H and O–H groups in total. The van der Waals surface area contributed by atoms with E-state index >= 15 is 0 Å². The highest BCUT2D eigenvalue weighted by Gasteiger charge is 2.16. The van der Waals surface area contributed by atoms with Gasteiger partial charge in [0.1, 0.15) is 5.75 Å². The molecule has 0 amide bonds. The molecule has 90 valence electrons. The van der Waals surface area contributed by atoms with Gasteiger partial charge < -0.3 is 19.9 Å². The Morgan fingerprint density at radius 2 is 1.62 bits per heavy atom. The third-order valence-corrected chi connectivity index (χ3v) is 2.35. The fourth-order valence-electron chi connectivity index (χ4n) is 1.68. The number of benzene rings is 1. The third-order valence-electron chi connectivity index (χ3n) is 2.35. The fourth-order valence-corrected chi connectivity index (χ4v) is 1.68. The van der Waals surface area contributed by atoms with Gasteiger partial charge >= 0.3 is 0 Å². The maximum atomic E-state index is 5.81. The van der Waals surface area contributed by atoms with Gasteiger partial charge in [-0.25, -0.2) is 0 Å². The normalized spacial score (nSPS) is 12.1. The molecule has 0 aliphatic heterocycles. The molecular weight excluding hydrogens is 206 g/mol. The molecule has 0 fully saturated rings. The molecular formula is C12H19NO3. The molecule has 0 aliphatic carbocycles. The lowest BCUT2D eigenvalue weighted by atomic mass is 10.0. The average molecular weight is 225 g/mol. The van der Waals surface area contributed by atoms with E-state index in [9.17, 15) is 0 Å². The predicted octanol–water partition coefficient (Wildman–Crippen LogP) is 1.60. The highest BCUT2D eigenvalue weighted by atomic mass is 16.5. The quantitative estimate of drug-likeness (QED) is 0.827. The van der Waals surface area contributed by atoms with Crippen molar-refractivity contribution < 1.29 is 14.2 Å². The molecule has 0 saturated carbocycles. The summed E-state index contributed by atoms with van der Waals surface area (Å²) in [6, 6.07) is 3.72. The minimum Gasteiger partial charge on any atom is -0.496 e. The highest BCUT2D eigenvalue weighted by Crippen LogP contribution is 2.37. The van der Waals surface area contributed by atoms with Crippen LogP contribution in [0.5, 0.6) is 17.2 Å². The Labute approximate surface area is 96.3 Å². The summed E-state index contributed by atoms with van der Waals surface area (Å²) in [5.41, 5.74) is 6.76. The number of rotatable bonds is 5. The van der Waals surface area contributed by atoms with Crippen LogP contribution in [0.1, 0.15) is 12.5 Å². The van der Waals surface area contributed by atoms with Gasteiger partial charge in [0.15, 0.2) is 11.5 Å². The van der Waals surface area contributed by atoms with Crippen molar-refractivity contribution in [3.8, 4) is 17.2 Å². The molecule has 1 aromatic rings. The molecule has 16 heavy (non-hydrogen) atoms. The average Bonchev–Trinajstić information content (AvgIpc) is 2.27. The molecule has 0 bridgehead atoms. The van der Waals surface area contributed by atoms with Crippen LogP contribution in [0.25, 0.3) is 0 Å². The van der Waals surface area contributed by atoms with Crippen LogP contribution in [0, 0.1) is 0 Å². The first kappa shape index (κ1) is 12.6. The molecule has 4 nitrogen and oxygen atoms in total. The number of nitrogens with two attached hydrogens (primary N) is 1. The van der Waals surface area contributed by atoms with E-state index in [1.165, 1.54) is 0 Å². The van der Waals surface area contributed by atoms with Crippen LogP contribution in [0.2, 0.25) is 0 Å². The molecule has 0 heterocycles. The van der Waals surface area contributed by atoms with E-state index in [-0.39, 0.29) is 6.04 Å². The molecule has 0 aromatic heterocycles. The molecule has 1 unspecified atom stereocenters. The van der Waals surface area contributed by atoms with Crippen molar-refractivity contribution in [2.45, 2.75) is 19.4 Å². The van der Waals surface area contributed by atoms with E-state index in [0.717, 1.165) is 11.3 Å².